The lowest BCUT2D eigenvalue weighted by Gasteiger charge is -2.27. The van der Waals surface area contributed by atoms with E-state index in [4.69, 9.17) is 14.2 Å². The third-order valence-electron chi connectivity index (χ3n) is 6.24. The highest BCUT2D eigenvalue weighted by atomic mass is 16.5. The van der Waals surface area contributed by atoms with Crippen LogP contribution < -0.4 is 14.2 Å². The Kier molecular flexibility index (Phi) is 7.30. The zero-order chi connectivity index (χ0) is 23.2. The van der Waals surface area contributed by atoms with E-state index in [-0.39, 0.29) is 6.04 Å². The summed E-state index contributed by atoms with van der Waals surface area (Å²) in [4.78, 5) is 15.8. The van der Waals surface area contributed by atoms with E-state index in [0.29, 0.717) is 23.7 Å². The number of methoxy groups -OCH3 is 1. The predicted molar refractivity (Wildman–Crippen MR) is 129 cm³/mol. The van der Waals surface area contributed by atoms with Crippen molar-refractivity contribution in [2.45, 2.75) is 39.3 Å². The van der Waals surface area contributed by atoms with Crippen molar-refractivity contribution in [2.24, 2.45) is 0 Å². The van der Waals surface area contributed by atoms with Gasteiger partial charge in [-0.1, -0.05) is 55.5 Å². The first-order valence-corrected chi connectivity index (χ1v) is 11.5. The van der Waals surface area contributed by atoms with Crippen LogP contribution in [0.25, 0.3) is 0 Å². The maximum Gasteiger partial charge on any atom is 0.347 e. The summed E-state index contributed by atoms with van der Waals surface area (Å²) in [6, 6.07) is 21.3. The summed E-state index contributed by atoms with van der Waals surface area (Å²) in [5.41, 5.74) is 3.23. The van der Waals surface area contributed by atoms with Crippen LogP contribution in [-0.2, 0) is 6.61 Å². The summed E-state index contributed by atoms with van der Waals surface area (Å²) in [5.74, 6) is 1.29. The number of hydrogen-bond acceptors (Lipinski definition) is 5. The van der Waals surface area contributed by atoms with Crippen LogP contribution in [0.1, 0.15) is 52.9 Å². The Bertz CT molecular complexity index is 1080. The molecule has 0 amide bonds. The number of hydrogen-bond donors (Lipinski definition) is 0. The van der Waals surface area contributed by atoms with Gasteiger partial charge >= 0.3 is 5.97 Å². The highest BCUT2D eigenvalue weighted by Gasteiger charge is 2.32. The van der Waals surface area contributed by atoms with Crippen molar-refractivity contribution in [2.75, 3.05) is 20.2 Å². The standard InChI is InChI=1S/C28H31NO4/c1-4-29-17-11-16-24(29)23-18-25(32-19-21-12-7-5-8-13-21)26(20(2)27(23)31-3)28(30)33-22-14-9-6-10-15-22/h5-10,12-15,18,24H,4,11,16-17,19H2,1-3H3/t24-/m0/s1. The van der Waals surface area contributed by atoms with Gasteiger partial charge in [-0.05, 0) is 56.6 Å². The fraction of sp³-hybridized carbons (Fsp3) is 0.321. The normalized spacial score (nSPS) is 15.9. The second-order valence-corrected chi connectivity index (χ2v) is 8.26. The molecule has 1 atom stereocenters. The average molecular weight is 446 g/mol. The van der Waals surface area contributed by atoms with Gasteiger partial charge in [-0.25, -0.2) is 4.79 Å². The van der Waals surface area contributed by atoms with Crippen LogP contribution in [0.3, 0.4) is 0 Å². The molecular weight excluding hydrogens is 414 g/mol. The Morgan fingerprint density at radius 2 is 1.76 bits per heavy atom. The van der Waals surface area contributed by atoms with Gasteiger partial charge in [0.1, 0.15) is 29.4 Å². The molecule has 0 bridgehead atoms. The van der Waals surface area contributed by atoms with E-state index >= 15 is 0 Å². The zero-order valence-corrected chi connectivity index (χ0v) is 19.5. The smallest absolute Gasteiger partial charge is 0.347 e. The van der Waals surface area contributed by atoms with Crippen LogP contribution in [0.5, 0.6) is 17.2 Å². The molecule has 1 fully saturated rings. The zero-order valence-electron chi connectivity index (χ0n) is 19.5. The van der Waals surface area contributed by atoms with Gasteiger partial charge in [0.05, 0.1) is 7.11 Å². The first kappa shape index (κ1) is 22.9. The molecule has 0 N–H and O–H groups in total. The lowest BCUT2D eigenvalue weighted by atomic mass is 9.95. The fourth-order valence-corrected chi connectivity index (χ4v) is 4.62. The van der Waals surface area contributed by atoms with Crippen LogP contribution >= 0.6 is 0 Å². The molecule has 1 aliphatic heterocycles. The first-order valence-electron chi connectivity index (χ1n) is 11.5. The molecule has 0 aliphatic carbocycles. The second-order valence-electron chi connectivity index (χ2n) is 8.26. The van der Waals surface area contributed by atoms with Gasteiger partial charge in [0.2, 0.25) is 0 Å². The second kappa shape index (κ2) is 10.5. The molecule has 0 aromatic heterocycles. The molecule has 5 nitrogen and oxygen atoms in total. The van der Waals surface area contributed by atoms with Crippen molar-refractivity contribution in [1.29, 1.82) is 0 Å². The van der Waals surface area contributed by atoms with Gasteiger partial charge in [0.25, 0.3) is 0 Å². The number of para-hydroxylation sites is 1. The van der Waals surface area contributed by atoms with Crippen LogP contribution in [0.15, 0.2) is 66.7 Å². The van der Waals surface area contributed by atoms with Gasteiger partial charge in [0, 0.05) is 17.2 Å². The Morgan fingerprint density at radius 3 is 2.42 bits per heavy atom. The van der Waals surface area contributed by atoms with Gasteiger partial charge in [0.15, 0.2) is 0 Å². The third-order valence-corrected chi connectivity index (χ3v) is 6.24. The molecule has 3 aromatic carbocycles. The van der Waals surface area contributed by atoms with Crippen molar-refractivity contribution in [3.05, 3.63) is 89.0 Å². The molecule has 4 rings (SSSR count). The number of ether oxygens (including phenoxy) is 3. The minimum Gasteiger partial charge on any atom is -0.496 e. The monoisotopic (exact) mass is 445 g/mol. The lowest BCUT2D eigenvalue weighted by molar-refractivity contribution is 0.0728. The number of carbonyl (C=O) groups is 1. The lowest BCUT2D eigenvalue weighted by Crippen LogP contribution is -2.24. The highest BCUT2D eigenvalue weighted by Crippen LogP contribution is 2.43. The Hall–Kier alpha value is -3.31. The summed E-state index contributed by atoms with van der Waals surface area (Å²) in [6.45, 7) is 6.46. The molecule has 33 heavy (non-hydrogen) atoms. The molecule has 3 aromatic rings. The van der Waals surface area contributed by atoms with Gasteiger partial charge in [-0.2, -0.15) is 0 Å². The maximum absolute atomic E-state index is 13.3. The van der Waals surface area contributed by atoms with E-state index in [2.05, 4.69) is 11.8 Å². The molecule has 0 spiro atoms. The fourth-order valence-electron chi connectivity index (χ4n) is 4.62. The first-order chi connectivity index (χ1) is 16.1. The molecule has 1 saturated heterocycles. The van der Waals surface area contributed by atoms with Crippen molar-refractivity contribution in [1.82, 2.24) is 4.90 Å². The van der Waals surface area contributed by atoms with Crippen LogP contribution in [0.2, 0.25) is 0 Å². The summed E-state index contributed by atoms with van der Waals surface area (Å²) in [6.07, 6.45) is 2.19. The van der Waals surface area contributed by atoms with E-state index in [0.717, 1.165) is 48.4 Å². The van der Waals surface area contributed by atoms with Gasteiger partial charge in [-0.15, -0.1) is 0 Å². The summed E-state index contributed by atoms with van der Waals surface area (Å²) in [7, 11) is 1.66. The number of rotatable bonds is 8. The van der Waals surface area contributed by atoms with Crippen molar-refractivity contribution in [3.8, 4) is 17.2 Å². The van der Waals surface area contributed by atoms with E-state index in [1.165, 1.54) is 0 Å². The van der Waals surface area contributed by atoms with Gasteiger partial charge in [-0.3, -0.25) is 4.90 Å². The molecule has 1 aliphatic rings. The van der Waals surface area contributed by atoms with Crippen molar-refractivity contribution < 1.29 is 19.0 Å². The molecule has 0 unspecified atom stereocenters. The summed E-state index contributed by atoms with van der Waals surface area (Å²) < 4.78 is 17.8. The average Bonchev–Trinajstić information content (AvgIpc) is 3.32. The van der Waals surface area contributed by atoms with Crippen molar-refractivity contribution >= 4 is 5.97 Å². The number of nitrogens with zero attached hydrogens (tertiary/aromatic N) is 1. The van der Waals surface area contributed by atoms with Gasteiger partial charge < -0.3 is 14.2 Å². The van der Waals surface area contributed by atoms with Crippen LogP contribution in [0, 0.1) is 6.92 Å². The van der Waals surface area contributed by atoms with E-state index < -0.39 is 5.97 Å². The molecular formula is C28H31NO4. The molecule has 5 heteroatoms. The minimum absolute atomic E-state index is 0.238. The molecule has 1 heterocycles. The number of likely N-dealkylation sites (tertiary alicyclic amines) is 1. The topological polar surface area (TPSA) is 48.0 Å². The van der Waals surface area contributed by atoms with Crippen LogP contribution in [0.4, 0.5) is 0 Å². The largest absolute Gasteiger partial charge is 0.496 e. The third kappa shape index (κ3) is 5.04. The molecule has 0 saturated carbocycles. The van der Waals surface area contributed by atoms with E-state index in [1.54, 1.807) is 19.2 Å². The quantitative estimate of drug-likeness (QED) is 0.316. The predicted octanol–water partition coefficient (Wildman–Crippen LogP) is 5.96. The van der Waals surface area contributed by atoms with E-state index in [9.17, 15) is 4.79 Å². The van der Waals surface area contributed by atoms with E-state index in [1.807, 2.05) is 61.5 Å². The summed E-state index contributed by atoms with van der Waals surface area (Å²) >= 11 is 0. The van der Waals surface area contributed by atoms with Crippen molar-refractivity contribution in [3.63, 3.8) is 0 Å². The van der Waals surface area contributed by atoms with Crippen LogP contribution in [-0.4, -0.2) is 31.1 Å². The number of benzene rings is 3. The Balaban J connectivity index is 1.76. The molecule has 0 radical (unpaired) electrons. The minimum atomic E-state index is -0.453. The Morgan fingerprint density at radius 1 is 1.06 bits per heavy atom. The Labute approximate surface area is 195 Å². The number of esters is 1. The summed E-state index contributed by atoms with van der Waals surface area (Å²) in [5, 5.41) is 0. The maximum atomic E-state index is 13.3. The highest BCUT2D eigenvalue weighted by molar-refractivity contribution is 5.96. The molecule has 172 valence electrons. The number of carbonyl (C=O) groups excluding carboxylic acids is 1. The SMILES string of the molecule is CCN1CCC[C@H]1c1cc(OCc2ccccc2)c(C(=O)Oc2ccccc2)c(C)c1OC.